The van der Waals surface area contributed by atoms with Gasteiger partial charge in [-0.3, -0.25) is 14.9 Å². The molecule has 0 atom stereocenters. The van der Waals surface area contributed by atoms with E-state index in [9.17, 15) is 20.0 Å². The van der Waals surface area contributed by atoms with Crippen molar-refractivity contribution in [2.24, 2.45) is 0 Å². The van der Waals surface area contributed by atoms with Crippen molar-refractivity contribution in [1.82, 2.24) is 4.98 Å². The largest absolute Gasteiger partial charge is 0.506 e. The fourth-order valence-electron chi connectivity index (χ4n) is 1.48. The topological polar surface area (TPSA) is 105 Å². The number of aromatic nitrogens is 1. The molecule has 0 unspecified atom stereocenters. The summed E-state index contributed by atoms with van der Waals surface area (Å²) in [5.74, 6) is -0.835. The normalized spacial score (nSPS) is 10.1. The zero-order chi connectivity index (χ0) is 14.7. The van der Waals surface area contributed by atoms with Gasteiger partial charge in [0, 0.05) is 17.8 Å². The Bertz CT molecular complexity index is 690. The van der Waals surface area contributed by atoms with Crippen molar-refractivity contribution in [2.75, 3.05) is 5.32 Å². The van der Waals surface area contributed by atoms with Crippen LogP contribution in [0.2, 0.25) is 0 Å². The number of halogens is 1. The maximum absolute atomic E-state index is 11.9. The monoisotopic (exact) mass is 337 g/mol. The van der Waals surface area contributed by atoms with Crippen LogP contribution in [0.5, 0.6) is 5.75 Å². The summed E-state index contributed by atoms with van der Waals surface area (Å²) >= 11 is 3.14. The van der Waals surface area contributed by atoms with Gasteiger partial charge in [-0.05, 0) is 34.1 Å². The van der Waals surface area contributed by atoms with E-state index >= 15 is 0 Å². The maximum atomic E-state index is 11.9. The van der Waals surface area contributed by atoms with Gasteiger partial charge in [-0.25, -0.2) is 4.98 Å². The minimum atomic E-state index is -0.634. The number of amides is 1. The number of nitro groups is 1. The average molecular weight is 338 g/mol. The number of nitro benzene ring substituents is 1. The summed E-state index contributed by atoms with van der Waals surface area (Å²) in [6.07, 6.45) is 1.45. The van der Waals surface area contributed by atoms with Crippen molar-refractivity contribution in [3.05, 3.63) is 56.8 Å². The Morgan fingerprint density at radius 1 is 1.35 bits per heavy atom. The average Bonchev–Trinajstić information content (AvgIpc) is 2.40. The quantitative estimate of drug-likeness (QED) is 0.387. The smallest absolute Gasteiger partial charge is 0.273 e. The van der Waals surface area contributed by atoms with Crippen molar-refractivity contribution in [2.45, 2.75) is 0 Å². The molecule has 2 N–H and O–H groups in total. The van der Waals surface area contributed by atoms with Crippen LogP contribution in [0.3, 0.4) is 0 Å². The van der Waals surface area contributed by atoms with Crippen molar-refractivity contribution in [1.29, 1.82) is 0 Å². The van der Waals surface area contributed by atoms with Gasteiger partial charge in [-0.15, -0.1) is 0 Å². The first-order chi connectivity index (χ1) is 9.47. The van der Waals surface area contributed by atoms with E-state index < -0.39 is 10.8 Å². The summed E-state index contributed by atoms with van der Waals surface area (Å²) in [5.41, 5.74) is 0.172. The van der Waals surface area contributed by atoms with Crippen LogP contribution in [0.4, 0.5) is 11.4 Å². The molecule has 1 aromatic heterocycles. The molecule has 0 aliphatic heterocycles. The van der Waals surface area contributed by atoms with Gasteiger partial charge in [-0.1, -0.05) is 0 Å². The number of phenolic OH excluding ortho intramolecular Hbond substituents is 1. The third-order valence-corrected chi connectivity index (χ3v) is 2.86. The minimum Gasteiger partial charge on any atom is -0.506 e. The molecule has 1 aromatic carbocycles. The van der Waals surface area contributed by atoms with Crippen LogP contribution in [-0.4, -0.2) is 20.9 Å². The molecule has 1 heterocycles. The van der Waals surface area contributed by atoms with Gasteiger partial charge in [0.2, 0.25) is 0 Å². The van der Waals surface area contributed by atoms with Crippen molar-refractivity contribution in [3.8, 4) is 5.75 Å². The predicted octanol–water partition coefficient (Wildman–Crippen LogP) is 2.71. The van der Waals surface area contributed by atoms with Gasteiger partial charge >= 0.3 is 0 Å². The highest BCUT2D eigenvalue weighted by molar-refractivity contribution is 9.10. The first kappa shape index (κ1) is 13.9. The second-order valence-electron chi connectivity index (χ2n) is 3.78. The van der Waals surface area contributed by atoms with Crippen LogP contribution in [0.25, 0.3) is 0 Å². The summed E-state index contributed by atoms with van der Waals surface area (Å²) in [6.45, 7) is 0. The highest BCUT2D eigenvalue weighted by atomic mass is 79.9. The molecule has 0 bridgehead atoms. The van der Waals surface area contributed by atoms with Gasteiger partial charge in [-0.2, -0.15) is 0 Å². The number of benzene rings is 1. The Hall–Kier alpha value is -2.48. The van der Waals surface area contributed by atoms with Crippen LogP contribution in [0, 0.1) is 10.1 Å². The fraction of sp³-hybridized carbons (Fsp3) is 0. The van der Waals surface area contributed by atoms with E-state index in [0.29, 0.717) is 10.2 Å². The Morgan fingerprint density at radius 2 is 2.10 bits per heavy atom. The first-order valence-corrected chi connectivity index (χ1v) is 6.17. The third kappa shape index (κ3) is 3.09. The number of carbonyl (C=O) groups is 1. The van der Waals surface area contributed by atoms with Gasteiger partial charge in [0.25, 0.3) is 11.6 Å². The molecule has 7 nitrogen and oxygen atoms in total. The lowest BCUT2D eigenvalue weighted by atomic mass is 10.2. The number of anilines is 1. The molecule has 2 rings (SSSR count). The minimum absolute atomic E-state index is 0.0912. The maximum Gasteiger partial charge on any atom is 0.273 e. The molecular weight excluding hydrogens is 330 g/mol. The number of rotatable bonds is 3. The summed E-state index contributed by atoms with van der Waals surface area (Å²) in [4.78, 5) is 25.7. The molecule has 0 aliphatic rings. The van der Waals surface area contributed by atoms with Gasteiger partial charge in [0.15, 0.2) is 0 Å². The number of carbonyl (C=O) groups excluding carboxylic acids is 1. The molecule has 0 aliphatic carbocycles. The Labute approximate surface area is 121 Å². The van der Waals surface area contributed by atoms with E-state index in [1.807, 2.05) is 0 Å². The summed E-state index contributed by atoms with van der Waals surface area (Å²) in [6, 6.07) is 6.44. The van der Waals surface area contributed by atoms with E-state index in [1.54, 1.807) is 0 Å². The second kappa shape index (κ2) is 5.66. The number of nitrogens with one attached hydrogen (secondary N) is 1. The van der Waals surface area contributed by atoms with E-state index in [0.717, 1.165) is 6.07 Å². The Balaban J connectivity index is 2.22. The van der Waals surface area contributed by atoms with Gasteiger partial charge in [0.1, 0.15) is 10.4 Å². The lowest BCUT2D eigenvalue weighted by molar-refractivity contribution is -0.384. The molecule has 0 fully saturated rings. The predicted molar refractivity (Wildman–Crippen MR) is 74.7 cm³/mol. The summed E-state index contributed by atoms with van der Waals surface area (Å²) in [7, 11) is 0. The van der Waals surface area contributed by atoms with Gasteiger partial charge < -0.3 is 10.4 Å². The molecule has 1 amide bonds. The van der Waals surface area contributed by atoms with E-state index in [2.05, 4.69) is 26.2 Å². The van der Waals surface area contributed by atoms with Crippen LogP contribution in [0.15, 0.2) is 41.1 Å². The number of non-ortho nitro benzene ring substituents is 1. The van der Waals surface area contributed by atoms with Gasteiger partial charge in [0.05, 0.1) is 16.7 Å². The highest BCUT2D eigenvalue weighted by Gasteiger charge is 2.13. The van der Waals surface area contributed by atoms with Crippen molar-refractivity contribution < 1.29 is 14.8 Å². The SMILES string of the molecule is O=C(Nc1ccc([N+](=O)[O-])cc1O)c1ccnc(Br)c1. The molecule has 20 heavy (non-hydrogen) atoms. The molecule has 0 radical (unpaired) electrons. The Kier molecular flexibility index (Phi) is 3.94. The first-order valence-electron chi connectivity index (χ1n) is 5.37. The number of hydrogen-bond acceptors (Lipinski definition) is 5. The van der Waals surface area contributed by atoms with Crippen LogP contribution in [-0.2, 0) is 0 Å². The highest BCUT2D eigenvalue weighted by Crippen LogP contribution is 2.28. The van der Waals surface area contributed by atoms with E-state index in [4.69, 9.17) is 0 Å². The number of aromatic hydroxyl groups is 1. The standard InChI is InChI=1S/C12H8BrN3O4/c13-11-5-7(3-4-14-11)12(18)15-9-2-1-8(16(19)20)6-10(9)17/h1-6,17H,(H,15,18). The van der Waals surface area contributed by atoms with Crippen molar-refractivity contribution in [3.63, 3.8) is 0 Å². The zero-order valence-corrected chi connectivity index (χ0v) is 11.5. The molecular formula is C12H8BrN3O4. The lowest BCUT2D eigenvalue weighted by Crippen LogP contribution is -2.12. The molecule has 0 spiro atoms. The summed E-state index contributed by atoms with van der Waals surface area (Å²) in [5, 5.41) is 22.7. The fourth-order valence-corrected chi connectivity index (χ4v) is 1.84. The third-order valence-electron chi connectivity index (χ3n) is 2.43. The molecule has 8 heteroatoms. The Morgan fingerprint density at radius 3 is 2.70 bits per heavy atom. The lowest BCUT2D eigenvalue weighted by Gasteiger charge is -2.07. The number of nitrogens with zero attached hydrogens (tertiary/aromatic N) is 2. The molecule has 2 aromatic rings. The molecule has 0 saturated carbocycles. The molecule has 102 valence electrons. The van der Waals surface area contributed by atoms with Crippen LogP contribution in [0.1, 0.15) is 10.4 Å². The second-order valence-corrected chi connectivity index (χ2v) is 4.59. The van der Waals surface area contributed by atoms with Crippen LogP contribution < -0.4 is 5.32 Å². The van der Waals surface area contributed by atoms with Crippen LogP contribution >= 0.6 is 15.9 Å². The van der Waals surface area contributed by atoms with Crippen molar-refractivity contribution >= 4 is 33.2 Å². The molecule has 0 saturated heterocycles. The number of hydrogen-bond donors (Lipinski definition) is 2. The number of phenols is 1. The van der Waals surface area contributed by atoms with E-state index in [1.165, 1.54) is 30.5 Å². The zero-order valence-electron chi connectivity index (χ0n) is 9.91. The summed E-state index contributed by atoms with van der Waals surface area (Å²) < 4.78 is 0.498. The van der Waals surface area contributed by atoms with E-state index in [-0.39, 0.29) is 17.1 Å². The number of pyridine rings is 1.